The highest BCUT2D eigenvalue weighted by molar-refractivity contribution is 5.59. The van der Waals surface area contributed by atoms with Gasteiger partial charge in [-0.2, -0.15) is 0 Å². The molecule has 1 aromatic rings. The van der Waals surface area contributed by atoms with Gasteiger partial charge in [-0.05, 0) is 37.8 Å². The number of nitrogens with zero attached hydrogens (tertiary/aromatic N) is 2. The molecule has 0 amide bonds. The summed E-state index contributed by atoms with van der Waals surface area (Å²) in [7, 11) is 0. The lowest BCUT2D eigenvalue weighted by atomic mass is 9.98. The van der Waals surface area contributed by atoms with Crippen LogP contribution in [0.3, 0.4) is 0 Å². The van der Waals surface area contributed by atoms with Crippen LogP contribution in [0.1, 0.15) is 26.2 Å². The first kappa shape index (κ1) is 15.6. The van der Waals surface area contributed by atoms with Crippen LogP contribution in [0.4, 0.5) is 11.4 Å². The van der Waals surface area contributed by atoms with E-state index in [-0.39, 0.29) is 5.69 Å². The maximum Gasteiger partial charge on any atom is 0.311 e. The second kappa shape index (κ2) is 7.26. The van der Waals surface area contributed by atoms with E-state index >= 15 is 0 Å². The van der Waals surface area contributed by atoms with Gasteiger partial charge in [0, 0.05) is 30.9 Å². The third-order valence-corrected chi connectivity index (χ3v) is 3.82. The summed E-state index contributed by atoms with van der Waals surface area (Å²) >= 11 is 0. The lowest BCUT2D eigenvalue weighted by Crippen LogP contribution is -2.38. The number of benzene rings is 1. The van der Waals surface area contributed by atoms with E-state index in [1.165, 1.54) is 6.07 Å². The number of ether oxygens (including phenoxy) is 1. The predicted molar refractivity (Wildman–Crippen MR) is 82.9 cm³/mol. The minimum absolute atomic E-state index is 0.0274. The molecule has 1 saturated heterocycles. The molecule has 1 aliphatic heterocycles. The Morgan fingerprint density at radius 2 is 2.33 bits per heavy atom. The average Bonchev–Trinajstić information content (AvgIpc) is 2.52. The van der Waals surface area contributed by atoms with E-state index in [9.17, 15) is 10.1 Å². The third-order valence-electron chi connectivity index (χ3n) is 3.82. The van der Waals surface area contributed by atoms with Gasteiger partial charge < -0.3 is 15.4 Å². The van der Waals surface area contributed by atoms with Gasteiger partial charge in [-0.3, -0.25) is 10.1 Å². The Hall–Kier alpha value is -1.82. The first-order chi connectivity index (χ1) is 10.2. The number of rotatable bonds is 6. The standard InChI is InChI=1S/C15H23N3O3/c1-2-8-21-15-9-13(5-6-14(15)18(19)20)17-7-3-4-12(10-16)11-17/h5-6,9,12H,2-4,7-8,10-11,16H2,1H3. The van der Waals surface area contributed by atoms with E-state index in [0.29, 0.717) is 24.8 Å². The molecule has 2 rings (SSSR count). The van der Waals surface area contributed by atoms with Crippen molar-refractivity contribution in [1.29, 1.82) is 0 Å². The van der Waals surface area contributed by atoms with E-state index in [1.807, 2.05) is 6.92 Å². The topological polar surface area (TPSA) is 81.6 Å². The number of piperidine rings is 1. The van der Waals surface area contributed by atoms with Gasteiger partial charge >= 0.3 is 5.69 Å². The smallest absolute Gasteiger partial charge is 0.311 e. The summed E-state index contributed by atoms with van der Waals surface area (Å²) < 4.78 is 5.54. The highest BCUT2D eigenvalue weighted by atomic mass is 16.6. The first-order valence-electron chi connectivity index (χ1n) is 7.52. The fourth-order valence-corrected chi connectivity index (χ4v) is 2.67. The lowest BCUT2D eigenvalue weighted by Gasteiger charge is -2.34. The number of hydrogen-bond acceptors (Lipinski definition) is 5. The van der Waals surface area contributed by atoms with Crippen LogP contribution in [0.2, 0.25) is 0 Å². The van der Waals surface area contributed by atoms with Crippen LogP contribution in [0.5, 0.6) is 5.75 Å². The van der Waals surface area contributed by atoms with E-state index in [2.05, 4.69) is 4.90 Å². The van der Waals surface area contributed by atoms with Crippen molar-refractivity contribution in [2.45, 2.75) is 26.2 Å². The van der Waals surface area contributed by atoms with Crippen LogP contribution in [0, 0.1) is 16.0 Å². The fraction of sp³-hybridized carbons (Fsp3) is 0.600. The Bertz CT molecular complexity index is 493. The van der Waals surface area contributed by atoms with Gasteiger partial charge in [-0.1, -0.05) is 6.92 Å². The summed E-state index contributed by atoms with van der Waals surface area (Å²) in [5, 5.41) is 11.1. The summed E-state index contributed by atoms with van der Waals surface area (Å²) in [6.45, 7) is 5.01. The third kappa shape index (κ3) is 3.85. The maximum absolute atomic E-state index is 11.1. The SMILES string of the molecule is CCCOc1cc(N2CCCC(CN)C2)ccc1[N+](=O)[O-]. The largest absolute Gasteiger partial charge is 0.487 e. The molecular formula is C15H23N3O3. The Balaban J connectivity index is 2.21. The highest BCUT2D eigenvalue weighted by Crippen LogP contribution is 2.33. The van der Waals surface area contributed by atoms with E-state index in [1.54, 1.807) is 12.1 Å². The number of nitro benzene ring substituents is 1. The van der Waals surface area contributed by atoms with Gasteiger partial charge in [0.1, 0.15) is 0 Å². The molecule has 0 saturated carbocycles. The molecule has 0 aromatic heterocycles. The van der Waals surface area contributed by atoms with Crippen molar-refractivity contribution in [2.24, 2.45) is 11.7 Å². The summed E-state index contributed by atoms with van der Waals surface area (Å²) in [4.78, 5) is 12.9. The molecular weight excluding hydrogens is 270 g/mol. The quantitative estimate of drug-likeness (QED) is 0.644. The second-order valence-electron chi connectivity index (χ2n) is 5.45. The molecule has 0 spiro atoms. The number of nitrogens with two attached hydrogens (primary N) is 1. The second-order valence-corrected chi connectivity index (χ2v) is 5.45. The molecule has 1 aliphatic rings. The van der Waals surface area contributed by atoms with Gasteiger partial charge in [-0.25, -0.2) is 0 Å². The van der Waals surface area contributed by atoms with Crippen molar-refractivity contribution < 1.29 is 9.66 Å². The van der Waals surface area contributed by atoms with Gasteiger partial charge in [0.05, 0.1) is 11.5 Å². The molecule has 6 nitrogen and oxygen atoms in total. The molecule has 0 aliphatic carbocycles. The summed E-state index contributed by atoms with van der Waals surface area (Å²) in [6.07, 6.45) is 3.07. The molecule has 0 radical (unpaired) electrons. The molecule has 0 bridgehead atoms. The molecule has 1 aromatic carbocycles. The van der Waals surface area contributed by atoms with Crippen molar-refractivity contribution in [3.8, 4) is 5.75 Å². The molecule has 116 valence electrons. The molecule has 1 fully saturated rings. The molecule has 1 unspecified atom stereocenters. The zero-order chi connectivity index (χ0) is 15.2. The van der Waals surface area contributed by atoms with Crippen LogP contribution in [0.25, 0.3) is 0 Å². The molecule has 1 atom stereocenters. The van der Waals surface area contributed by atoms with Crippen LogP contribution < -0.4 is 15.4 Å². The van der Waals surface area contributed by atoms with Crippen molar-refractivity contribution in [1.82, 2.24) is 0 Å². The van der Waals surface area contributed by atoms with Crippen molar-refractivity contribution >= 4 is 11.4 Å². The average molecular weight is 293 g/mol. The van der Waals surface area contributed by atoms with Crippen molar-refractivity contribution in [3.63, 3.8) is 0 Å². The van der Waals surface area contributed by atoms with Gasteiger partial charge in [-0.15, -0.1) is 0 Å². The first-order valence-corrected chi connectivity index (χ1v) is 7.52. The minimum Gasteiger partial charge on any atom is -0.487 e. The summed E-state index contributed by atoms with van der Waals surface area (Å²) in [5.41, 5.74) is 6.77. The Morgan fingerprint density at radius 3 is 3.00 bits per heavy atom. The minimum atomic E-state index is -0.395. The Labute approximate surface area is 125 Å². The number of anilines is 1. The van der Waals surface area contributed by atoms with Crippen LogP contribution >= 0.6 is 0 Å². The van der Waals surface area contributed by atoms with Crippen molar-refractivity contribution in [3.05, 3.63) is 28.3 Å². The molecule has 2 N–H and O–H groups in total. The van der Waals surface area contributed by atoms with E-state index < -0.39 is 4.92 Å². The van der Waals surface area contributed by atoms with Gasteiger partial charge in [0.25, 0.3) is 0 Å². The Morgan fingerprint density at radius 1 is 1.52 bits per heavy atom. The zero-order valence-electron chi connectivity index (χ0n) is 12.5. The molecule has 21 heavy (non-hydrogen) atoms. The predicted octanol–water partition coefficient (Wildman–Crippen LogP) is 2.56. The summed E-state index contributed by atoms with van der Waals surface area (Å²) in [6, 6.07) is 5.12. The van der Waals surface area contributed by atoms with Crippen LogP contribution in [0.15, 0.2) is 18.2 Å². The van der Waals surface area contributed by atoms with E-state index in [4.69, 9.17) is 10.5 Å². The maximum atomic E-state index is 11.1. The van der Waals surface area contributed by atoms with E-state index in [0.717, 1.165) is 38.0 Å². The van der Waals surface area contributed by atoms with Crippen LogP contribution in [-0.4, -0.2) is 31.2 Å². The lowest BCUT2D eigenvalue weighted by molar-refractivity contribution is -0.385. The van der Waals surface area contributed by atoms with Crippen molar-refractivity contribution in [2.75, 3.05) is 31.1 Å². The van der Waals surface area contributed by atoms with Gasteiger partial charge in [0.15, 0.2) is 5.75 Å². The highest BCUT2D eigenvalue weighted by Gasteiger charge is 2.22. The van der Waals surface area contributed by atoms with Gasteiger partial charge in [0.2, 0.25) is 0 Å². The molecule has 6 heteroatoms. The fourth-order valence-electron chi connectivity index (χ4n) is 2.67. The van der Waals surface area contributed by atoms with Crippen LogP contribution in [-0.2, 0) is 0 Å². The Kier molecular flexibility index (Phi) is 5.38. The number of hydrogen-bond donors (Lipinski definition) is 1. The monoisotopic (exact) mass is 293 g/mol. The number of nitro groups is 1. The molecule has 1 heterocycles. The summed E-state index contributed by atoms with van der Waals surface area (Å²) in [5.74, 6) is 0.850. The zero-order valence-corrected chi connectivity index (χ0v) is 12.5. The normalized spacial score (nSPS) is 18.6.